The van der Waals surface area contributed by atoms with Gasteiger partial charge in [-0.05, 0) is 36.3 Å². The third-order valence-electron chi connectivity index (χ3n) is 3.00. The Kier molecular flexibility index (Phi) is 3.55. The van der Waals surface area contributed by atoms with Crippen LogP contribution in [0.15, 0.2) is 11.4 Å². The largest absolute Gasteiger partial charge is 0.463 e. The van der Waals surface area contributed by atoms with Crippen LogP contribution in [0.4, 0.5) is 22.0 Å². The first-order valence-electron chi connectivity index (χ1n) is 5.55. The molecule has 0 aromatic carbocycles. The Bertz CT molecular complexity index is 482. The number of fused-ring (bicyclic) bond motifs is 1. The third-order valence-corrected chi connectivity index (χ3v) is 3.99. The zero-order valence-electron chi connectivity index (χ0n) is 9.56. The summed E-state index contributed by atoms with van der Waals surface area (Å²) in [5.74, 6) is -7.65. The van der Waals surface area contributed by atoms with Gasteiger partial charge in [0.15, 0.2) is 0 Å². The van der Waals surface area contributed by atoms with E-state index < -0.39 is 24.0 Å². The van der Waals surface area contributed by atoms with Crippen LogP contribution in [0.1, 0.15) is 29.3 Å². The second kappa shape index (κ2) is 4.73. The molecule has 0 fully saturated rings. The van der Waals surface area contributed by atoms with Gasteiger partial charge in [0.25, 0.3) is 0 Å². The summed E-state index contributed by atoms with van der Waals surface area (Å²) in [6.45, 7) is 0. The molecule has 1 aromatic rings. The lowest BCUT2D eigenvalue weighted by Crippen LogP contribution is -2.51. The molecule has 0 aliphatic heterocycles. The molecule has 2 rings (SSSR count). The number of thiophene rings is 1. The predicted octanol–water partition coefficient (Wildman–Crippen LogP) is 3.44. The van der Waals surface area contributed by atoms with Gasteiger partial charge < -0.3 is 5.32 Å². The summed E-state index contributed by atoms with van der Waals surface area (Å²) in [4.78, 5) is 12.1. The second-order valence-corrected chi connectivity index (χ2v) is 5.29. The standard InChI is InChI=1S/C11H10F5NOS/c12-10(13,11(14,15)16)9(18)17-7-2-1-3-8-6(7)4-5-19-8/h4-5,7H,1-3H2,(H,17,18). The number of halogens is 5. The molecule has 1 atom stereocenters. The van der Waals surface area contributed by atoms with Crippen molar-refractivity contribution in [1.29, 1.82) is 0 Å². The van der Waals surface area contributed by atoms with Gasteiger partial charge in [-0.25, -0.2) is 0 Å². The number of rotatable bonds is 2. The molecule has 1 aromatic heterocycles. The van der Waals surface area contributed by atoms with E-state index >= 15 is 0 Å². The molecule has 1 heterocycles. The number of nitrogens with one attached hydrogen (secondary N) is 1. The number of amides is 1. The number of carbonyl (C=O) groups excluding carboxylic acids is 1. The van der Waals surface area contributed by atoms with Crippen LogP contribution in [0.2, 0.25) is 0 Å². The molecule has 1 unspecified atom stereocenters. The lowest BCUT2D eigenvalue weighted by Gasteiger charge is -2.26. The van der Waals surface area contributed by atoms with E-state index in [4.69, 9.17) is 0 Å². The van der Waals surface area contributed by atoms with Gasteiger partial charge in [0.05, 0.1) is 6.04 Å². The van der Waals surface area contributed by atoms with Gasteiger partial charge >= 0.3 is 18.0 Å². The average molecular weight is 299 g/mol. The highest BCUT2D eigenvalue weighted by molar-refractivity contribution is 7.10. The maximum atomic E-state index is 12.8. The molecule has 0 saturated heterocycles. The fourth-order valence-corrected chi connectivity index (χ4v) is 3.00. The summed E-state index contributed by atoms with van der Waals surface area (Å²) in [5.41, 5.74) is 0.641. The Morgan fingerprint density at radius 2 is 2.00 bits per heavy atom. The molecule has 2 nitrogen and oxygen atoms in total. The van der Waals surface area contributed by atoms with Crippen LogP contribution in [0.25, 0.3) is 0 Å². The number of alkyl halides is 5. The third kappa shape index (κ3) is 2.58. The van der Waals surface area contributed by atoms with Crippen molar-refractivity contribution in [1.82, 2.24) is 5.32 Å². The SMILES string of the molecule is O=C(NC1CCCc2sccc21)C(F)(F)C(F)(F)F. The van der Waals surface area contributed by atoms with E-state index in [0.717, 1.165) is 11.3 Å². The van der Waals surface area contributed by atoms with Crippen molar-refractivity contribution in [3.8, 4) is 0 Å². The first kappa shape index (κ1) is 14.2. The molecule has 1 N–H and O–H groups in total. The Morgan fingerprint density at radius 3 is 2.63 bits per heavy atom. The van der Waals surface area contributed by atoms with E-state index in [1.54, 1.807) is 16.8 Å². The Hall–Kier alpha value is -1.18. The second-order valence-electron chi connectivity index (χ2n) is 4.29. The highest BCUT2D eigenvalue weighted by Gasteiger charge is 2.63. The van der Waals surface area contributed by atoms with Crippen molar-refractivity contribution in [2.75, 3.05) is 0 Å². The molecular weight excluding hydrogens is 289 g/mol. The molecule has 1 aliphatic carbocycles. The van der Waals surface area contributed by atoms with Crippen molar-refractivity contribution in [3.63, 3.8) is 0 Å². The van der Waals surface area contributed by atoms with Gasteiger partial charge in [0, 0.05) is 4.88 Å². The lowest BCUT2D eigenvalue weighted by molar-refractivity contribution is -0.270. The van der Waals surface area contributed by atoms with E-state index in [2.05, 4.69) is 0 Å². The first-order chi connectivity index (χ1) is 8.73. The minimum absolute atomic E-state index is 0.364. The maximum Gasteiger partial charge on any atom is 0.463 e. The van der Waals surface area contributed by atoms with Gasteiger partial charge in [0.1, 0.15) is 0 Å². The van der Waals surface area contributed by atoms with E-state index in [-0.39, 0.29) is 0 Å². The molecule has 8 heteroatoms. The average Bonchev–Trinajstić information content (AvgIpc) is 2.76. The van der Waals surface area contributed by atoms with Crippen molar-refractivity contribution in [2.45, 2.75) is 37.4 Å². The maximum absolute atomic E-state index is 12.8. The van der Waals surface area contributed by atoms with Crippen molar-refractivity contribution >= 4 is 17.2 Å². The van der Waals surface area contributed by atoms with E-state index in [1.807, 2.05) is 0 Å². The number of hydrogen-bond donors (Lipinski definition) is 1. The zero-order valence-corrected chi connectivity index (χ0v) is 10.4. The number of aryl methyl sites for hydroxylation is 1. The molecule has 1 aliphatic rings. The van der Waals surface area contributed by atoms with Crippen LogP contribution < -0.4 is 5.32 Å². The molecule has 0 bridgehead atoms. The minimum atomic E-state index is -5.87. The summed E-state index contributed by atoms with van der Waals surface area (Å²) < 4.78 is 61.9. The fraction of sp³-hybridized carbons (Fsp3) is 0.545. The van der Waals surface area contributed by atoms with Gasteiger partial charge in [-0.3, -0.25) is 4.79 Å². The Balaban J connectivity index is 2.14. The molecule has 0 saturated carbocycles. The van der Waals surface area contributed by atoms with E-state index in [1.165, 1.54) is 11.3 Å². The first-order valence-corrected chi connectivity index (χ1v) is 6.43. The molecule has 0 spiro atoms. The van der Waals surface area contributed by atoms with Crippen molar-refractivity contribution < 1.29 is 26.7 Å². The van der Waals surface area contributed by atoms with Crippen LogP contribution in [0, 0.1) is 0 Å². The fourth-order valence-electron chi connectivity index (χ4n) is 2.01. The highest BCUT2D eigenvalue weighted by Crippen LogP contribution is 2.38. The van der Waals surface area contributed by atoms with Crippen LogP contribution >= 0.6 is 11.3 Å². The van der Waals surface area contributed by atoms with Gasteiger partial charge in [0.2, 0.25) is 0 Å². The number of carbonyl (C=O) groups is 1. The zero-order chi connectivity index (χ0) is 14.3. The van der Waals surface area contributed by atoms with Crippen molar-refractivity contribution in [2.24, 2.45) is 0 Å². The molecular formula is C11H10F5NOS. The molecule has 19 heavy (non-hydrogen) atoms. The van der Waals surface area contributed by atoms with Crippen LogP contribution in [-0.2, 0) is 11.2 Å². The Morgan fingerprint density at radius 1 is 1.32 bits per heavy atom. The van der Waals surface area contributed by atoms with Crippen LogP contribution in [-0.4, -0.2) is 18.0 Å². The van der Waals surface area contributed by atoms with Gasteiger partial charge in [-0.1, -0.05) is 0 Å². The van der Waals surface area contributed by atoms with Gasteiger partial charge in [-0.2, -0.15) is 22.0 Å². The summed E-state index contributed by atoms with van der Waals surface area (Å²) in [6.07, 6.45) is -4.10. The molecule has 106 valence electrons. The summed E-state index contributed by atoms with van der Waals surface area (Å²) >= 11 is 1.41. The van der Waals surface area contributed by atoms with E-state index in [0.29, 0.717) is 18.4 Å². The summed E-state index contributed by atoms with van der Waals surface area (Å²) in [7, 11) is 0. The smallest absolute Gasteiger partial charge is 0.344 e. The quantitative estimate of drug-likeness (QED) is 0.833. The Labute approximate surface area is 109 Å². The van der Waals surface area contributed by atoms with Gasteiger partial charge in [-0.15, -0.1) is 11.3 Å². The van der Waals surface area contributed by atoms with Crippen LogP contribution in [0.5, 0.6) is 0 Å². The highest BCUT2D eigenvalue weighted by atomic mass is 32.1. The van der Waals surface area contributed by atoms with E-state index in [9.17, 15) is 26.7 Å². The lowest BCUT2D eigenvalue weighted by atomic mass is 9.94. The van der Waals surface area contributed by atoms with Crippen molar-refractivity contribution in [3.05, 3.63) is 21.9 Å². The molecule has 0 radical (unpaired) electrons. The summed E-state index contributed by atoms with van der Waals surface area (Å²) in [6, 6.07) is 0.881. The van der Waals surface area contributed by atoms with Crippen LogP contribution in [0.3, 0.4) is 0 Å². The summed E-state index contributed by atoms with van der Waals surface area (Å²) in [5, 5.41) is 3.54. The topological polar surface area (TPSA) is 29.1 Å². The predicted molar refractivity (Wildman–Crippen MR) is 59.1 cm³/mol. The monoisotopic (exact) mass is 299 g/mol. The number of hydrogen-bond acceptors (Lipinski definition) is 2. The normalized spacial score (nSPS) is 19.9. The molecule has 1 amide bonds. The minimum Gasteiger partial charge on any atom is -0.344 e.